The number of nitrogens with zero attached hydrogens (tertiary/aromatic N) is 6. The zero-order valence-corrected chi connectivity index (χ0v) is 22.1. The number of benzene rings is 1. The molecular weight excluding hydrogens is 474 g/mol. The Balaban J connectivity index is 1.71. The largest absolute Gasteiger partial charge is 0.369 e. The van der Waals surface area contributed by atoms with Crippen LogP contribution < -0.4 is 10.6 Å². The van der Waals surface area contributed by atoms with Crippen LogP contribution in [0, 0.1) is 5.41 Å². The Kier molecular flexibility index (Phi) is 7.77. The molecule has 3 fully saturated rings. The lowest BCUT2D eigenvalue weighted by Crippen LogP contribution is -2.47. The number of piperazine rings is 1. The van der Waals surface area contributed by atoms with Crippen LogP contribution in [0.4, 0.5) is 5.69 Å². The van der Waals surface area contributed by atoms with Gasteiger partial charge in [-0.3, -0.25) is 19.3 Å². The van der Waals surface area contributed by atoms with Gasteiger partial charge in [0.1, 0.15) is 12.6 Å². The number of ketones is 1. The lowest BCUT2D eigenvalue weighted by molar-refractivity contribution is -0.139. The van der Waals surface area contributed by atoms with Crippen LogP contribution in [0.15, 0.2) is 23.3 Å². The summed E-state index contributed by atoms with van der Waals surface area (Å²) in [5.41, 5.74) is 16.0. The molecule has 1 aromatic rings. The quantitative estimate of drug-likeness (QED) is 0.338. The Morgan fingerprint density at radius 2 is 1.95 bits per heavy atom. The highest BCUT2D eigenvalue weighted by Gasteiger charge is 2.54. The molecule has 4 rings (SSSR count). The molecule has 0 bridgehead atoms. The number of carbonyl (C=O) groups excluding carboxylic acids is 3. The van der Waals surface area contributed by atoms with E-state index in [1.807, 2.05) is 32.9 Å². The highest BCUT2D eigenvalue weighted by molar-refractivity contribution is 5.99. The van der Waals surface area contributed by atoms with Gasteiger partial charge in [-0.05, 0) is 47.7 Å². The maximum absolute atomic E-state index is 14.2. The van der Waals surface area contributed by atoms with E-state index in [9.17, 15) is 14.4 Å². The number of primary amides is 1. The molecule has 0 aliphatic carbocycles. The molecule has 3 aliphatic heterocycles. The Morgan fingerprint density at radius 3 is 2.54 bits per heavy atom. The van der Waals surface area contributed by atoms with Crippen LogP contribution >= 0.6 is 0 Å². The molecule has 0 saturated carbocycles. The van der Waals surface area contributed by atoms with E-state index in [1.165, 1.54) is 4.90 Å². The van der Waals surface area contributed by atoms with Crippen molar-refractivity contribution in [2.24, 2.45) is 16.3 Å². The van der Waals surface area contributed by atoms with Gasteiger partial charge < -0.3 is 20.3 Å². The van der Waals surface area contributed by atoms with E-state index < -0.39 is 35.4 Å². The average molecular weight is 512 g/mol. The fraction of sp³-hybridized carbons (Fsp3) is 0.654. The second-order valence-electron chi connectivity index (χ2n) is 11.2. The number of likely N-dealkylation sites (tertiary alicyclic amines) is 1. The molecule has 2 amide bonds. The van der Waals surface area contributed by atoms with Crippen molar-refractivity contribution in [2.45, 2.75) is 58.2 Å². The highest BCUT2D eigenvalue weighted by atomic mass is 16.5. The van der Waals surface area contributed by atoms with Crippen LogP contribution in [0.1, 0.15) is 56.0 Å². The molecule has 3 heterocycles. The number of rotatable bonds is 7. The van der Waals surface area contributed by atoms with E-state index in [4.69, 9.17) is 16.0 Å². The van der Waals surface area contributed by atoms with Crippen LogP contribution in [-0.2, 0) is 14.3 Å². The Bertz CT molecular complexity index is 1100. The number of carbonyl (C=O) groups is 3. The van der Waals surface area contributed by atoms with Crippen molar-refractivity contribution in [1.29, 1.82) is 0 Å². The minimum absolute atomic E-state index is 0.0849. The fourth-order valence-corrected chi connectivity index (χ4v) is 5.92. The molecule has 200 valence electrons. The lowest BCUT2D eigenvalue weighted by Gasteiger charge is -2.38. The van der Waals surface area contributed by atoms with Gasteiger partial charge in [0, 0.05) is 48.9 Å². The molecule has 0 unspecified atom stereocenters. The summed E-state index contributed by atoms with van der Waals surface area (Å²) in [4.78, 5) is 48.5. The Labute approximate surface area is 217 Å². The predicted octanol–water partition coefficient (Wildman–Crippen LogP) is 2.30. The number of fused-ring (bicyclic) bond motifs is 1. The van der Waals surface area contributed by atoms with Crippen LogP contribution in [-0.4, -0.2) is 91.5 Å². The van der Waals surface area contributed by atoms with Gasteiger partial charge in [0.15, 0.2) is 5.78 Å². The zero-order valence-electron chi connectivity index (χ0n) is 22.1. The van der Waals surface area contributed by atoms with Crippen molar-refractivity contribution in [3.05, 3.63) is 39.8 Å². The molecule has 4 atom stereocenters. The average Bonchev–Trinajstić information content (AvgIpc) is 3.40. The molecule has 2 N–H and O–H groups in total. The zero-order chi connectivity index (χ0) is 26.9. The van der Waals surface area contributed by atoms with Crippen molar-refractivity contribution in [1.82, 2.24) is 9.80 Å². The molecule has 1 aromatic carbocycles. The van der Waals surface area contributed by atoms with E-state index in [1.54, 1.807) is 6.07 Å². The van der Waals surface area contributed by atoms with Crippen molar-refractivity contribution < 1.29 is 19.1 Å². The van der Waals surface area contributed by atoms with Gasteiger partial charge in [0.25, 0.3) is 0 Å². The topological polar surface area (TPSA) is 145 Å². The number of anilines is 1. The Hall–Kier alpha value is -3.14. The highest BCUT2D eigenvalue weighted by Crippen LogP contribution is 2.42. The van der Waals surface area contributed by atoms with Crippen molar-refractivity contribution in [2.75, 3.05) is 50.8 Å². The number of Topliss-reactive ketones (excluding diaryl/α,β-unsaturated/α-hetero) is 1. The number of amides is 2. The van der Waals surface area contributed by atoms with Gasteiger partial charge in [-0.1, -0.05) is 32.8 Å². The third kappa shape index (κ3) is 5.30. The van der Waals surface area contributed by atoms with Gasteiger partial charge in [-0.25, -0.2) is 0 Å². The smallest absolute Gasteiger partial charge is 0.249 e. The first-order chi connectivity index (χ1) is 17.6. The SMILES string of the molecule is CCCN1CCN(c2ccc(C(N)=O)c([C@@H](C(=O)N3C[C@@H](N=[N+]=[N-])[C@H]4OCC(=O)[C@H]43)C(C)(C)C)c2)CC1. The van der Waals surface area contributed by atoms with Gasteiger partial charge in [-0.2, -0.15) is 0 Å². The summed E-state index contributed by atoms with van der Waals surface area (Å²) in [6, 6.07) is 4.05. The second-order valence-corrected chi connectivity index (χ2v) is 11.2. The molecule has 0 aromatic heterocycles. The minimum atomic E-state index is -0.806. The van der Waals surface area contributed by atoms with E-state index in [2.05, 4.69) is 26.7 Å². The van der Waals surface area contributed by atoms with E-state index in [0.29, 0.717) is 5.56 Å². The normalized spacial score (nSPS) is 25.1. The number of hydrogen-bond donors (Lipinski definition) is 1. The summed E-state index contributed by atoms with van der Waals surface area (Å²) in [6.45, 7) is 12.6. The molecule has 3 saturated heterocycles. The first-order valence-electron chi connectivity index (χ1n) is 13.0. The van der Waals surface area contributed by atoms with Crippen LogP contribution in [0.3, 0.4) is 0 Å². The van der Waals surface area contributed by atoms with Crippen molar-refractivity contribution in [3.8, 4) is 0 Å². The summed E-state index contributed by atoms with van der Waals surface area (Å²) in [5.74, 6) is -1.88. The molecule has 37 heavy (non-hydrogen) atoms. The summed E-state index contributed by atoms with van der Waals surface area (Å²) >= 11 is 0. The maximum Gasteiger partial charge on any atom is 0.249 e. The molecule has 11 heteroatoms. The van der Waals surface area contributed by atoms with Gasteiger partial charge in [-0.15, -0.1) is 0 Å². The number of ether oxygens (including phenoxy) is 1. The lowest BCUT2D eigenvalue weighted by atomic mass is 9.73. The molecule has 0 spiro atoms. The van der Waals surface area contributed by atoms with Crippen LogP contribution in [0.2, 0.25) is 0 Å². The third-order valence-corrected chi connectivity index (χ3v) is 7.64. The van der Waals surface area contributed by atoms with Crippen LogP contribution in [0.5, 0.6) is 0 Å². The molecule has 0 radical (unpaired) electrons. The summed E-state index contributed by atoms with van der Waals surface area (Å²) in [7, 11) is 0. The summed E-state index contributed by atoms with van der Waals surface area (Å²) in [6.07, 6.45) is 0.452. The van der Waals surface area contributed by atoms with E-state index in [0.717, 1.165) is 44.8 Å². The number of azide groups is 1. The maximum atomic E-state index is 14.2. The number of hydrogen-bond acceptors (Lipinski definition) is 7. The summed E-state index contributed by atoms with van der Waals surface area (Å²) < 4.78 is 5.60. The summed E-state index contributed by atoms with van der Waals surface area (Å²) in [5, 5.41) is 3.79. The van der Waals surface area contributed by atoms with Crippen LogP contribution in [0.25, 0.3) is 10.4 Å². The molecule has 3 aliphatic rings. The fourth-order valence-electron chi connectivity index (χ4n) is 5.92. The monoisotopic (exact) mass is 511 g/mol. The van der Waals surface area contributed by atoms with Crippen molar-refractivity contribution in [3.63, 3.8) is 0 Å². The minimum Gasteiger partial charge on any atom is -0.369 e. The first kappa shape index (κ1) is 26.9. The van der Waals surface area contributed by atoms with Gasteiger partial charge >= 0.3 is 0 Å². The standard InChI is InChI=1S/C26H37N7O4/c1-5-8-31-9-11-32(12-10-31)16-6-7-17(24(27)35)18(13-16)21(26(2,3)4)25(36)33-14-19(29-30-28)23-22(33)20(34)15-37-23/h6-7,13,19,21-23H,5,8-12,14-15H2,1-4H3,(H2,27,35)/t19-,21+,22-,23-/m1/s1. The Morgan fingerprint density at radius 1 is 1.24 bits per heavy atom. The van der Waals surface area contributed by atoms with Gasteiger partial charge in [0.05, 0.1) is 18.1 Å². The van der Waals surface area contributed by atoms with E-state index in [-0.39, 0.29) is 30.4 Å². The van der Waals surface area contributed by atoms with Gasteiger partial charge in [0.2, 0.25) is 11.8 Å². The van der Waals surface area contributed by atoms with E-state index >= 15 is 0 Å². The molecular formula is C26H37N7O4. The molecule has 11 nitrogen and oxygen atoms in total. The van der Waals surface area contributed by atoms with Crippen molar-refractivity contribution >= 4 is 23.3 Å². The number of nitrogens with two attached hydrogens (primary N) is 1. The second kappa shape index (κ2) is 10.7. The predicted molar refractivity (Wildman–Crippen MR) is 139 cm³/mol. The third-order valence-electron chi connectivity index (χ3n) is 7.64. The first-order valence-corrected chi connectivity index (χ1v) is 13.0.